The van der Waals surface area contributed by atoms with Crippen LogP contribution in [0.1, 0.15) is 27.2 Å². The van der Waals surface area contributed by atoms with Crippen molar-refractivity contribution in [2.45, 2.75) is 12.4 Å². The lowest BCUT2D eigenvalue weighted by atomic mass is 10.1. The molecule has 1 heterocycles. The fourth-order valence-electron chi connectivity index (χ4n) is 2.68. The van der Waals surface area contributed by atoms with Gasteiger partial charge in [-0.05, 0) is 36.4 Å². The molecule has 0 spiro atoms. The summed E-state index contributed by atoms with van der Waals surface area (Å²) in [6.07, 6.45) is -3.94. The Bertz CT molecular complexity index is 1140. The van der Waals surface area contributed by atoms with Crippen LogP contribution in [0.25, 0.3) is 5.69 Å². The Labute approximate surface area is 166 Å². The highest BCUT2D eigenvalue weighted by Crippen LogP contribution is 2.35. The number of aromatic nitrogens is 2. The number of terminal acetylenes is 1. The number of carbonyl (C=O) groups excluding carboxylic acids is 1. The predicted octanol–water partition coefficient (Wildman–Crippen LogP) is 5.14. The van der Waals surface area contributed by atoms with E-state index in [1.165, 1.54) is 18.2 Å². The van der Waals surface area contributed by atoms with Crippen LogP contribution >= 0.6 is 0 Å². The number of alkyl halides is 6. The van der Waals surface area contributed by atoms with E-state index in [0.717, 1.165) is 12.1 Å². The van der Waals surface area contributed by atoms with Gasteiger partial charge in [0.1, 0.15) is 0 Å². The minimum absolute atomic E-state index is 0.149. The van der Waals surface area contributed by atoms with Gasteiger partial charge in [0.25, 0.3) is 5.91 Å². The molecule has 1 aromatic heterocycles. The number of rotatable bonds is 3. The molecule has 0 saturated carbocycles. The molecule has 3 rings (SSSR count). The maximum atomic E-state index is 13.7. The quantitative estimate of drug-likeness (QED) is 0.468. The van der Waals surface area contributed by atoms with E-state index in [9.17, 15) is 31.1 Å². The summed E-state index contributed by atoms with van der Waals surface area (Å²) in [5.41, 5.74) is -3.47. The van der Waals surface area contributed by atoms with Crippen molar-refractivity contribution in [2.75, 3.05) is 5.32 Å². The van der Waals surface area contributed by atoms with Gasteiger partial charge < -0.3 is 5.32 Å². The van der Waals surface area contributed by atoms with Gasteiger partial charge in [-0.3, -0.25) is 4.79 Å². The number of hydrogen-bond donors (Lipinski definition) is 1. The molecule has 3 aromatic rings. The highest BCUT2D eigenvalue weighted by atomic mass is 19.4. The standard InChI is InChI=1S/C20H11F6N3O/c1-2-12-5-3-7-14(9-12)28-18(30)16-11-27-29(17(16)20(24,25)26)15-8-4-6-13(10-15)19(21,22)23/h1,3-11H,(H,28,30). The largest absolute Gasteiger partial charge is 0.434 e. The van der Waals surface area contributed by atoms with Crippen molar-refractivity contribution in [3.8, 4) is 18.0 Å². The predicted molar refractivity (Wildman–Crippen MR) is 95.9 cm³/mol. The molecule has 0 aliphatic rings. The Balaban J connectivity index is 2.05. The highest BCUT2D eigenvalue weighted by Gasteiger charge is 2.41. The van der Waals surface area contributed by atoms with E-state index in [0.29, 0.717) is 23.9 Å². The van der Waals surface area contributed by atoms with Crippen molar-refractivity contribution >= 4 is 11.6 Å². The SMILES string of the molecule is C#Cc1cccc(NC(=O)c2cnn(-c3cccc(C(F)(F)F)c3)c2C(F)(F)F)c1. The van der Waals surface area contributed by atoms with Gasteiger partial charge in [0.15, 0.2) is 5.69 Å². The Morgan fingerprint density at radius 3 is 2.33 bits per heavy atom. The molecule has 2 aromatic carbocycles. The normalized spacial score (nSPS) is 11.8. The summed E-state index contributed by atoms with van der Waals surface area (Å²) >= 11 is 0. The minimum atomic E-state index is -5.07. The van der Waals surface area contributed by atoms with Gasteiger partial charge in [-0.15, -0.1) is 6.42 Å². The van der Waals surface area contributed by atoms with Gasteiger partial charge >= 0.3 is 12.4 Å². The zero-order valence-electron chi connectivity index (χ0n) is 14.8. The second kappa shape index (κ2) is 7.59. The Hall–Kier alpha value is -3.74. The molecule has 1 amide bonds. The first kappa shape index (κ1) is 21.0. The van der Waals surface area contributed by atoms with Crippen molar-refractivity contribution in [1.29, 1.82) is 0 Å². The lowest BCUT2D eigenvalue weighted by Crippen LogP contribution is -2.21. The number of hydrogen-bond acceptors (Lipinski definition) is 2. The average Bonchev–Trinajstić information content (AvgIpc) is 3.13. The molecule has 0 saturated heterocycles. The minimum Gasteiger partial charge on any atom is -0.322 e. The van der Waals surface area contributed by atoms with Crippen molar-refractivity contribution in [3.63, 3.8) is 0 Å². The summed E-state index contributed by atoms with van der Waals surface area (Å²) < 4.78 is 80.1. The highest BCUT2D eigenvalue weighted by molar-refractivity contribution is 6.05. The third-order valence-corrected chi connectivity index (χ3v) is 3.99. The number of halogens is 6. The lowest BCUT2D eigenvalue weighted by molar-refractivity contribution is -0.143. The molecular weight excluding hydrogens is 412 g/mol. The molecular formula is C20H11F6N3O. The van der Waals surface area contributed by atoms with Crippen LogP contribution in [-0.2, 0) is 12.4 Å². The van der Waals surface area contributed by atoms with Gasteiger partial charge in [-0.25, -0.2) is 4.68 Å². The van der Waals surface area contributed by atoms with Crippen molar-refractivity contribution in [1.82, 2.24) is 9.78 Å². The van der Waals surface area contributed by atoms with E-state index in [2.05, 4.69) is 16.3 Å². The third kappa shape index (κ3) is 4.30. The number of amides is 1. The van der Waals surface area contributed by atoms with Crippen LogP contribution in [0.4, 0.5) is 32.0 Å². The van der Waals surface area contributed by atoms with Crippen molar-refractivity contribution in [3.05, 3.63) is 77.1 Å². The zero-order valence-corrected chi connectivity index (χ0v) is 14.8. The zero-order chi connectivity index (χ0) is 22.1. The topological polar surface area (TPSA) is 46.9 Å². The van der Waals surface area contributed by atoms with Crippen LogP contribution < -0.4 is 5.32 Å². The van der Waals surface area contributed by atoms with E-state index >= 15 is 0 Å². The molecule has 0 aliphatic heterocycles. The summed E-state index contributed by atoms with van der Waals surface area (Å²) in [5.74, 6) is 1.18. The first-order valence-corrected chi connectivity index (χ1v) is 8.21. The van der Waals surface area contributed by atoms with Crippen LogP contribution in [0.3, 0.4) is 0 Å². The van der Waals surface area contributed by atoms with Gasteiger partial charge in [-0.2, -0.15) is 31.4 Å². The second-order valence-corrected chi connectivity index (χ2v) is 6.04. The number of carbonyl (C=O) groups is 1. The van der Waals surface area contributed by atoms with Crippen LogP contribution in [-0.4, -0.2) is 15.7 Å². The van der Waals surface area contributed by atoms with Crippen molar-refractivity contribution < 1.29 is 31.1 Å². The Morgan fingerprint density at radius 1 is 1.00 bits per heavy atom. The lowest BCUT2D eigenvalue weighted by Gasteiger charge is -2.14. The number of nitrogens with zero attached hydrogens (tertiary/aromatic N) is 2. The second-order valence-electron chi connectivity index (χ2n) is 6.04. The monoisotopic (exact) mass is 423 g/mol. The van der Waals surface area contributed by atoms with Crippen LogP contribution in [0.15, 0.2) is 54.7 Å². The fraction of sp³-hybridized carbons (Fsp3) is 0.100. The maximum Gasteiger partial charge on any atom is 0.434 e. The first-order chi connectivity index (χ1) is 14.0. The molecule has 0 bridgehead atoms. The van der Waals surface area contributed by atoms with E-state index in [1.807, 2.05) is 0 Å². The number of nitrogens with one attached hydrogen (secondary N) is 1. The van der Waals surface area contributed by atoms with Gasteiger partial charge in [-0.1, -0.05) is 18.1 Å². The van der Waals surface area contributed by atoms with Crippen LogP contribution in [0.2, 0.25) is 0 Å². The Morgan fingerprint density at radius 2 is 1.70 bits per heavy atom. The van der Waals surface area contributed by atoms with Gasteiger partial charge in [0.05, 0.1) is 23.0 Å². The fourth-order valence-corrected chi connectivity index (χ4v) is 2.68. The Kier molecular flexibility index (Phi) is 5.31. The smallest absolute Gasteiger partial charge is 0.322 e. The summed E-state index contributed by atoms with van der Waals surface area (Å²) in [7, 11) is 0. The molecule has 4 nitrogen and oxygen atoms in total. The van der Waals surface area contributed by atoms with Crippen LogP contribution in [0.5, 0.6) is 0 Å². The molecule has 154 valence electrons. The van der Waals surface area contributed by atoms with Crippen LogP contribution in [0, 0.1) is 12.3 Å². The molecule has 10 heteroatoms. The summed E-state index contributed by atoms with van der Waals surface area (Å²) in [5, 5.41) is 5.79. The molecule has 0 aliphatic carbocycles. The molecule has 0 radical (unpaired) electrons. The first-order valence-electron chi connectivity index (χ1n) is 8.21. The van der Waals surface area contributed by atoms with E-state index in [-0.39, 0.29) is 10.4 Å². The molecule has 0 unspecified atom stereocenters. The summed E-state index contributed by atoms with van der Waals surface area (Å²) in [6, 6.07) is 9.06. The third-order valence-electron chi connectivity index (χ3n) is 3.99. The molecule has 0 atom stereocenters. The maximum absolute atomic E-state index is 13.7. The summed E-state index contributed by atoms with van der Waals surface area (Å²) in [4.78, 5) is 12.5. The van der Waals surface area contributed by atoms with E-state index < -0.39 is 40.8 Å². The molecule has 1 N–H and O–H groups in total. The number of benzene rings is 2. The average molecular weight is 423 g/mol. The van der Waals surface area contributed by atoms with Crippen molar-refractivity contribution in [2.24, 2.45) is 0 Å². The summed E-state index contributed by atoms with van der Waals surface area (Å²) in [6.45, 7) is 0. The van der Waals surface area contributed by atoms with Gasteiger partial charge in [0.2, 0.25) is 0 Å². The molecule has 0 fully saturated rings. The van der Waals surface area contributed by atoms with E-state index in [4.69, 9.17) is 6.42 Å². The van der Waals surface area contributed by atoms with Gasteiger partial charge in [0, 0.05) is 11.3 Å². The van der Waals surface area contributed by atoms with E-state index in [1.54, 1.807) is 6.07 Å². The molecule has 30 heavy (non-hydrogen) atoms. The number of anilines is 1.